The third-order valence-corrected chi connectivity index (χ3v) is 9.20. The van der Waals surface area contributed by atoms with Crippen LogP contribution < -0.4 is 15.9 Å². The fourth-order valence-corrected chi connectivity index (χ4v) is 6.80. The molecule has 5 rings (SSSR count). The van der Waals surface area contributed by atoms with Gasteiger partial charge in [0.2, 0.25) is 11.8 Å². The maximum atomic E-state index is 12.9. The molecule has 0 radical (unpaired) electrons. The largest absolute Gasteiger partial charge is 0.493 e. The minimum Gasteiger partial charge on any atom is -0.493 e. The number of aromatic hydroxyl groups is 1. The van der Waals surface area contributed by atoms with Gasteiger partial charge in [-0.2, -0.15) is 0 Å². The van der Waals surface area contributed by atoms with E-state index in [0.717, 1.165) is 5.56 Å². The minimum atomic E-state index is -3.28. The summed E-state index contributed by atoms with van der Waals surface area (Å²) < 4.78 is 26.3. The standard InChI is InChI=1S/C27H31N5O6S/c1-18(33)30-12-10-21(11-13-30)32-23(26(35)29-27(32)36)16-28-25(34)20-8-6-19(7-9-20)17-31-14-15-39(37,38)24-5-3-2-4-22(24)31/h2-9,21,35H,10-17H2,1H3,(H,28,34)(H,29,36). The molecule has 3 N–H and O–H groups in total. The van der Waals surface area contributed by atoms with E-state index in [4.69, 9.17) is 0 Å². The summed E-state index contributed by atoms with van der Waals surface area (Å²) >= 11 is 0. The van der Waals surface area contributed by atoms with Crippen LogP contribution in [0.2, 0.25) is 0 Å². The summed E-state index contributed by atoms with van der Waals surface area (Å²) in [5.74, 6) is -0.599. The second-order valence-electron chi connectivity index (χ2n) is 9.92. The first-order valence-corrected chi connectivity index (χ1v) is 14.5. The molecule has 0 unspecified atom stereocenters. The lowest BCUT2D eigenvalue weighted by Gasteiger charge is -2.32. The Bertz CT molecular complexity index is 1550. The molecule has 2 aromatic carbocycles. The molecule has 0 bridgehead atoms. The smallest absolute Gasteiger partial charge is 0.328 e. The fourth-order valence-electron chi connectivity index (χ4n) is 5.32. The molecule has 12 heteroatoms. The molecular weight excluding hydrogens is 522 g/mol. The van der Waals surface area contributed by atoms with Gasteiger partial charge in [0, 0.05) is 44.7 Å². The van der Waals surface area contributed by atoms with Crippen molar-refractivity contribution in [2.75, 3.05) is 30.3 Å². The molecule has 39 heavy (non-hydrogen) atoms. The Morgan fingerprint density at radius 2 is 1.74 bits per heavy atom. The summed E-state index contributed by atoms with van der Waals surface area (Å²) in [5.41, 5.74) is 1.86. The highest BCUT2D eigenvalue weighted by atomic mass is 32.2. The highest BCUT2D eigenvalue weighted by Gasteiger charge is 2.29. The average molecular weight is 554 g/mol. The molecule has 3 heterocycles. The lowest BCUT2D eigenvalue weighted by molar-refractivity contribution is -0.130. The zero-order chi connectivity index (χ0) is 27.7. The summed E-state index contributed by atoms with van der Waals surface area (Å²) in [6.07, 6.45) is 1.15. The van der Waals surface area contributed by atoms with Gasteiger partial charge in [-0.3, -0.25) is 19.1 Å². The molecule has 2 amide bonds. The van der Waals surface area contributed by atoms with Gasteiger partial charge in [-0.15, -0.1) is 0 Å². The highest BCUT2D eigenvalue weighted by Crippen LogP contribution is 2.31. The van der Waals surface area contributed by atoms with Crippen LogP contribution in [0.15, 0.2) is 58.2 Å². The number of nitrogens with zero attached hydrogens (tertiary/aromatic N) is 3. The van der Waals surface area contributed by atoms with Crippen molar-refractivity contribution >= 4 is 27.3 Å². The first-order valence-electron chi connectivity index (χ1n) is 12.9. The average Bonchev–Trinajstić information content (AvgIpc) is 3.21. The van der Waals surface area contributed by atoms with Crippen LogP contribution in [0.25, 0.3) is 0 Å². The van der Waals surface area contributed by atoms with Crippen molar-refractivity contribution in [3.05, 3.63) is 75.8 Å². The number of aromatic amines is 1. The van der Waals surface area contributed by atoms with Gasteiger partial charge in [-0.25, -0.2) is 13.2 Å². The van der Waals surface area contributed by atoms with Crippen LogP contribution in [0.1, 0.15) is 47.4 Å². The molecule has 0 atom stereocenters. The van der Waals surface area contributed by atoms with E-state index in [1.54, 1.807) is 35.2 Å². The maximum absolute atomic E-state index is 12.9. The number of aromatic nitrogens is 2. The van der Waals surface area contributed by atoms with Crippen molar-refractivity contribution in [3.8, 4) is 5.88 Å². The number of hydrogen-bond acceptors (Lipinski definition) is 7. The number of para-hydroxylation sites is 1. The lowest BCUT2D eigenvalue weighted by atomic mass is 10.0. The van der Waals surface area contributed by atoms with Gasteiger partial charge in [-0.1, -0.05) is 24.3 Å². The zero-order valence-corrected chi connectivity index (χ0v) is 22.4. The Balaban J connectivity index is 1.23. The van der Waals surface area contributed by atoms with Gasteiger partial charge in [-0.05, 0) is 42.7 Å². The van der Waals surface area contributed by atoms with Crippen LogP contribution in [-0.2, 0) is 27.7 Å². The number of carbonyl (C=O) groups is 2. The van der Waals surface area contributed by atoms with Crippen molar-refractivity contribution in [1.82, 2.24) is 19.8 Å². The van der Waals surface area contributed by atoms with Gasteiger partial charge >= 0.3 is 5.69 Å². The molecule has 0 aliphatic carbocycles. The van der Waals surface area contributed by atoms with E-state index in [2.05, 4.69) is 10.3 Å². The quantitative estimate of drug-likeness (QED) is 0.422. The molecule has 206 valence electrons. The first-order chi connectivity index (χ1) is 18.6. The van der Waals surface area contributed by atoms with Crippen LogP contribution in [0.4, 0.5) is 5.69 Å². The van der Waals surface area contributed by atoms with Crippen LogP contribution in [0.5, 0.6) is 5.88 Å². The fraction of sp³-hybridized carbons (Fsp3) is 0.370. The molecule has 11 nitrogen and oxygen atoms in total. The number of H-pyrrole nitrogens is 1. The summed E-state index contributed by atoms with van der Waals surface area (Å²) in [6, 6.07) is 13.8. The molecule has 1 saturated heterocycles. The van der Waals surface area contributed by atoms with Gasteiger partial charge in [0.1, 0.15) is 5.69 Å². The number of benzene rings is 2. The Hall–Kier alpha value is -4.06. The lowest BCUT2D eigenvalue weighted by Crippen LogP contribution is -2.40. The number of carbonyl (C=O) groups excluding carboxylic acids is 2. The third kappa shape index (κ3) is 5.42. The number of hydrogen-bond donors (Lipinski definition) is 3. The number of fused-ring (bicyclic) bond motifs is 1. The van der Waals surface area contributed by atoms with Crippen molar-refractivity contribution in [3.63, 3.8) is 0 Å². The minimum absolute atomic E-state index is 0.00934. The maximum Gasteiger partial charge on any atom is 0.328 e. The molecule has 0 saturated carbocycles. The molecule has 0 spiro atoms. The number of sulfone groups is 1. The summed E-state index contributed by atoms with van der Waals surface area (Å²) in [4.78, 5) is 43.5. The van der Waals surface area contributed by atoms with E-state index >= 15 is 0 Å². The number of rotatable bonds is 6. The number of likely N-dealkylation sites (tertiary alicyclic amines) is 1. The molecular formula is C27H31N5O6S. The number of nitrogens with one attached hydrogen (secondary N) is 2. The Morgan fingerprint density at radius 1 is 1.05 bits per heavy atom. The molecule has 3 aromatic rings. The van der Waals surface area contributed by atoms with Crippen molar-refractivity contribution in [2.24, 2.45) is 0 Å². The summed E-state index contributed by atoms with van der Waals surface area (Å²) in [5, 5.41) is 13.1. The SMILES string of the molecule is CC(=O)N1CCC(n2c(CNC(=O)c3ccc(CN4CCS(=O)(=O)c5ccccc54)cc3)c(O)[nH]c2=O)CC1. The van der Waals surface area contributed by atoms with E-state index in [0.29, 0.717) is 60.9 Å². The van der Waals surface area contributed by atoms with Gasteiger partial charge in [0.15, 0.2) is 9.84 Å². The van der Waals surface area contributed by atoms with Crippen LogP contribution in [0, 0.1) is 0 Å². The van der Waals surface area contributed by atoms with Gasteiger partial charge in [0.05, 0.1) is 22.9 Å². The van der Waals surface area contributed by atoms with E-state index in [9.17, 15) is 27.9 Å². The predicted molar refractivity (Wildman–Crippen MR) is 144 cm³/mol. The van der Waals surface area contributed by atoms with E-state index in [1.165, 1.54) is 11.5 Å². The Labute approximate surface area is 226 Å². The van der Waals surface area contributed by atoms with E-state index in [1.807, 2.05) is 23.1 Å². The Kier molecular flexibility index (Phi) is 7.21. The van der Waals surface area contributed by atoms with Crippen LogP contribution >= 0.6 is 0 Å². The number of imidazole rings is 1. The monoisotopic (exact) mass is 553 g/mol. The van der Waals surface area contributed by atoms with Crippen LogP contribution in [-0.4, -0.2) is 65.2 Å². The molecule has 1 fully saturated rings. The normalized spacial score (nSPS) is 17.1. The topological polar surface area (TPSA) is 145 Å². The number of anilines is 1. The molecule has 2 aliphatic rings. The highest BCUT2D eigenvalue weighted by molar-refractivity contribution is 7.91. The second kappa shape index (κ2) is 10.6. The van der Waals surface area contributed by atoms with Gasteiger partial charge in [0.25, 0.3) is 5.91 Å². The zero-order valence-electron chi connectivity index (χ0n) is 21.6. The third-order valence-electron chi connectivity index (χ3n) is 7.46. The van der Waals surface area contributed by atoms with Gasteiger partial charge < -0.3 is 20.2 Å². The van der Waals surface area contributed by atoms with E-state index < -0.39 is 15.5 Å². The number of amides is 2. The Morgan fingerprint density at radius 3 is 2.44 bits per heavy atom. The van der Waals surface area contributed by atoms with Crippen molar-refractivity contribution in [2.45, 2.75) is 43.8 Å². The van der Waals surface area contributed by atoms with Crippen molar-refractivity contribution in [1.29, 1.82) is 0 Å². The second-order valence-corrected chi connectivity index (χ2v) is 12.0. The van der Waals surface area contributed by atoms with E-state index in [-0.39, 0.29) is 36.0 Å². The molecule has 1 aromatic heterocycles. The molecule has 2 aliphatic heterocycles. The predicted octanol–water partition coefficient (Wildman–Crippen LogP) is 1.79. The summed E-state index contributed by atoms with van der Waals surface area (Å²) in [7, 11) is -3.28. The summed E-state index contributed by atoms with van der Waals surface area (Å²) in [6.45, 7) is 3.40. The first kappa shape index (κ1) is 26.5. The van der Waals surface area contributed by atoms with Crippen LogP contribution in [0.3, 0.4) is 0 Å². The van der Waals surface area contributed by atoms with Crippen molar-refractivity contribution < 1.29 is 23.1 Å². The number of piperidine rings is 1.